The second-order valence-corrected chi connectivity index (χ2v) is 7.14. The molecule has 4 rings (SSSR count). The van der Waals surface area contributed by atoms with Gasteiger partial charge in [0.15, 0.2) is 0 Å². The van der Waals surface area contributed by atoms with Gasteiger partial charge in [0.05, 0.1) is 12.7 Å². The van der Waals surface area contributed by atoms with E-state index in [0.29, 0.717) is 6.04 Å². The Morgan fingerprint density at radius 1 is 1.48 bits per heavy atom. The van der Waals surface area contributed by atoms with Crippen molar-refractivity contribution in [1.82, 2.24) is 14.9 Å². The van der Waals surface area contributed by atoms with Crippen LogP contribution in [-0.2, 0) is 11.3 Å². The molecule has 2 aliphatic heterocycles. The molecule has 3 atom stereocenters. The molecule has 0 spiro atoms. The number of likely N-dealkylation sites (tertiary alicyclic amines) is 1. The first-order valence-corrected chi connectivity index (χ1v) is 9.01. The lowest BCUT2D eigenvalue weighted by Crippen LogP contribution is -2.42. The molecule has 2 aromatic rings. The van der Waals surface area contributed by atoms with Gasteiger partial charge in [0.1, 0.15) is 23.0 Å². The summed E-state index contributed by atoms with van der Waals surface area (Å²) in [7, 11) is 0. The average Bonchev–Trinajstić information content (AvgIpc) is 3.14. The smallest absolute Gasteiger partial charge is 0.139 e. The Morgan fingerprint density at radius 2 is 2.43 bits per heavy atom. The number of ether oxygens (including phenoxy) is 2. The number of aromatic nitrogens is 2. The maximum Gasteiger partial charge on any atom is 0.139 e. The van der Waals surface area contributed by atoms with E-state index >= 15 is 0 Å². The SMILES string of the molecule is Cc1csc(CN2C[C@@H](Oc3cccnc3)[C@@H]3OCCC[C@@H]32)n1. The number of rotatable bonds is 4. The minimum absolute atomic E-state index is 0.0607. The lowest BCUT2D eigenvalue weighted by molar-refractivity contribution is -0.0472. The molecule has 5 nitrogen and oxygen atoms in total. The average molecular weight is 331 g/mol. The van der Waals surface area contributed by atoms with Crippen molar-refractivity contribution in [1.29, 1.82) is 0 Å². The fourth-order valence-electron chi connectivity index (χ4n) is 3.53. The lowest BCUT2D eigenvalue weighted by atomic mass is 10.0. The van der Waals surface area contributed by atoms with E-state index in [2.05, 4.69) is 20.2 Å². The van der Waals surface area contributed by atoms with E-state index in [4.69, 9.17) is 9.47 Å². The number of nitrogens with zero attached hydrogens (tertiary/aromatic N) is 3. The Labute approximate surface area is 140 Å². The van der Waals surface area contributed by atoms with Crippen LogP contribution in [0.3, 0.4) is 0 Å². The molecule has 23 heavy (non-hydrogen) atoms. The van der Waals surface area contributed by atoms with Crippen molar-refractivity contribution < 1.29 is 9.47 Å². The summed E-state index contributed by atoms with van der Waals surface area (Å²) in [6, 6.07) is 4.28. The lowest BCUT2D eigenvalue weighted by Gasteiger charge is -2.31. The molecule has 2 aromatic heterocycles. The van der Waals surface area contributed by atoms with E-state index < -0.39 is 0 Å². The molecular weight excluding hydrogens is 310 g/mol. The van der Waals surface area contributed by atoms with Crippen LogP contribution in [0.1, 0.15) is 23.5 Å². The highest BCUT2D eigenvalue weighted by molar-refractivity contribution is 7.09. The summed E-state index contributed by atoms with van der Waals surface area (Å²) in [5, 5.41) is 3.29. The highest BCUT2D eigenvalue weighted by atomic mass is 32.1. The van der Waals surface area contributed by atoms with Gasteiger partial charge in [-0.05, 0) is 31.9 Å². The van der Waals surface area contributed by atoms with E-state index in [-0.39, 0.29) is 12.2 Å². The second kappa shape index (κ2) is 6.55. The standard InChI is InChI=1S/C17H21N3O2S/c1-12-11-23-16(19-12)10-20-9-15(17-14(20)5-3-7-21-17)22-13-4-2-6-18-8-13/h2,4,6,8,11,14-15,17H,3,5,7,9-10H2,1H3/t14-,15+,17+/m0/s1. The zero-order valence-electron chi connectivity index (χ0n) is 13.2. The number of hydrogen-bond acceptors (Lipinski definition) is 6. The third-order valence-electron chi connectivity index (χ3n) is 4.51. The number of aryl methyl sites for hydroxylation is 1. The third-order valence-corrected chi connectivity index (χ3v) is 5.46. The van der Waals surface area contributed by atoms with E-state index in [9.17, 15) is 0 Å². The van der Waals surface area contributed by atoms with Crippen molar-refractivity contribution in [3.05, 3.63) is 40.6 Å². The topological polar surface area (TPSA) is 47.5 Å². The van der Waals surface area contributed by atoms with Crippen molar-refractivity contribution in [2.24, 2.45) is 0 Å². The highest BCUT2D eigenvalue weighted by Crippen LogP contribution is 2.32. The van der Waals surface area contributed by atoms with Crippen LogP contribution in [0.15, 0.2) is 29.9 Å². The molecule has 0 unspecified atom stereocenters. The molecule has 2 aliphatic rings. The van der Waals surface area contributed by atoms with Gasteiger partial charge in [-0.1, -0.05) is 0 Å². The predicted molar refractivity (Wildman–Crippen MR) is 88.7 cm³/mol. The monoisotopic (exact) mass is 331 g/mol. The number of pyridine rings is 1. The maximum atomic E-state index is 6.17. The van der Waals surface area contributed by atoms with Gasteiger partial charge in [-0.3, -0.25) is 9.88 Å². The first kappa shape index (κ1) is 15.1. The van der Waals surface area contributed by atoms with Crippen molar-refractivity contribution in [3.8, 4) is 5.75 Å². The van der Waals surface area contributed by atoms with Gasteiger partial charge >= 0.3 is 0 Å². The molecule has 0 radical (unpaired) electrons. The minimum atomic E-state index is 0.0607. The summed E-state index contributed by atoms with van der Waals surface area (Å²) in [4.78, 5) is 11.2. The Bertz CT molecular complexity index is 648. The largest absolute Gasteiger partial charge is 0.485 e. The van der Waals surface area contributed by atoms with Gasteiger partial charge in [0.2, 0.25) is 0 Å². The molecular formula is C17H21N3O2S. The number of thiazole rings is 1. The van der Waals surface area contributed by atoms with Gasteiger partial charge in [-0.2, -0.15) is 0 Å². The second-order valence-electron chi connectivity index (χ2n) is 6.20. The Morgan fingerprint density at radius 3 is 3.22 bits per heavy atom. The molecule has 0 aromatic carbocycles. The minimum Gasteiger partial charge on any atom is -0.485 e. The van der Waals surface area contributed by atoms with Crippen LogP contribution >= 0.6 is 11.3 Å². The highest BCUT2D eigenvalue weighted by Gasteiger charge is 2.45. The van der Waals surface area contributed by atoms with Crippen LogP contribution in [0.5, 0.6) is 5.75 Å². The van der Waals surface area contributed by atoms with Crippen molar-refractivity contribution in [2.45, 2.75) is 44.6 Å². The molecule has 6 heteroatoms. The Balaban J connectivity index is 1.49. The predicted octanol–water partition coefficient (Wildman–Crippen LogP) is 2.66. The first-order chi connectivity index (χ1) is 11.3. The third kappa shape index (κ3) is 3.24. The van der Waals surface area contributed by atoms with E-state index in [1.165, 1.54) is 11.4 Å². The van der Waals surface area contributed by atoms with Crippen molar-refractivity contribution >= 4 is 11.3 Å². The first-order valence-electron chi connectivity index (χ1n) is 8.13. The van der Waals surface area contributed by atoms with Crippen LogP contribution in [0.2, 0.25) is 0 Å². The number of hydrogen-bond donors (Lipinski definition) is 0. The van der Waals surface area contributed by atoms with Crippen LogP contribution in [0, 0.1) is 6.92 Å². The summed E-state index contributed by atoms with van der Waals surface area (Å²) < 4.78 is 12.2. The zero-order valence-corrected chi connectivity index (χ0v) is 14.0. The molecule has 0 saturated carbocycles. The fraction of sp³-hybridized carbons (Fsp3) is 0.529. The molecule has 0 N–H and O–H groups in total. The molecule has 122 valence electrons. The molecule has 2 saturated heterocycles. The van der Waals surface area contributed by atoms with Gasteiger partial charge in [-0.25, -0.2) is 4.98 Å². The molecule has 0 aliphatic carbocycles. The van der Waals surface area contributed by atoms with Gasteiger partial charge in [0.25, 0.3) is 0 Å². The van der Waals surface area contributed by atoms with Crippen LogP contribution in [0.4, 0.5) is 0 Å². The fourth-order valence-corrected chi connectivity index (χ4v) is 4.33. The Kier molecular flexibility index (Phi) is 4.29. The molecule has 4 heterocycles. The summed E-state index contributed by atoms with van der Waals surface area (Å²) in [5.41, 5.74) is 1.10. The van der Waals surface area contributed by atoms with Crippen molar-refractivity contribution in [3.63, 3.8) is 0 Å². The van der Waals surface area contributed by atoms with E-state index in [1.807, 2.05) is 19.1 Å². The summed E-state index contributed by atoms with van der Waals surface area (Å²) in [5.74, 6) is 0.817. The summed E-state index contributed by atoms with van der Waals surface area (Å²) in [6.45, 7) is 4.64. The normalized spacial score (nSPS) is 27.8. The summed E-state index contributed by atoms with van der Waals surface area (Å²) >= 11 is 1.74. The van der Waals surface area contributed by atoms with Crippen LogP contribution in [0.25, 0.3) is 0 Å². The maximum absolute atomic E-state index is 6.17. The zero-order chi connectivity index (χ0) is 15.6. The molecule has 0 bridgehead atoms. The van der Waals surface area contributed by atoms with Gasteiger partial charge < -0.3 is 9.47 Å². The van der Waals surface area contributed by atoms with E-state index in [1.54, 1.807) is 23.7 Å². The Hall–Kier alpha value is -1.50. The van der Waals surface area contributed by atoms with Crippen LogP contribution < -0.4 is 4.74 Å². The van der Waals surface area contributed by atoms with Gasteiger partial charge in [0, 0.05) is 36.5 Å². The summed E-state index contributed by atoms with van der Waals surface area (Å²) in [6.07, 6.45) is 6.02. The van der Waals surface area contributed by atoms with Crippen molar-refractivity contribution in [2.75, 3.05) is 13.2 Å². The number of fused-ring (bicyclic) bond motifs is 1. The van der Waals surface area contributed by atoms with Gasteiger partial charge in [-0.15, -0.1) is 11.3 Å². The molecule has 0 amide bonds. The van der Waals surface area contributed by atoms with E-state index in [0.717, 1.165) is 37.6 Å². The van der Waals surface area contributed by atoms with Crippen LogP contribution in [-0.4, -0.2) is 46.3 Å². The quantitative estimate of drug-likeness (QED) is 0.862. The molecule has 2 fully saturated rings.